The summed E-state index contributed by atoms with van der Waals surface area (Å²) < 4.78 is 0. The fraction of sp³-hybridized carbons (Fsp3) is 0.455. The van der Waals surface area contributed by atoms with Crippen molar-refractivity contribution in [1.29, 1.82) is 0 Å². The zero-order valence-electron chi connectivity index (χ0n) is 15.0. The summed E-state index contributed by atoms with van der Waals surface area (Å²) in [7, 11) is 0. The standard InChI is InChI=1S/C22H30N2/c1-17-9-3-5-11-19(17)15-23-21-13-7-8-14-22(21)24-16-20-12-6-4-10-18(20)2/h3-6,9-12,21-24H,7-8,13-16H2,1-2H3. The molecule has 0 radical (unpaired) electrons. The van der Waals surface area contributed by atoms with Crippen molar-refractivity contribution in [2.24, 2.45) is 0 Å². The molecule has 3 rings (SSSR count). The molecule has 2 N–H and O–H groups in total. The first-order valence-corrected chi connectivity index (χ1v) is 9.30. The van der Waals surface area contributed by atoms with Crippen LogP contribution in [-0.2, 0) is 13.1 Å². The maximum Gasteiger partial charge on any atom is 0.0224 e. The van der Waals surface area contributed by atoms with Crippen molar-refractivity contribution in [3.8, 4) is 0 Å². The summed E-state index contributed by atoms with van der Waals surface area (Å²) in [6.45, 7) is 6.34. The van der Waals surface area contributed by atoms with Gasteiger partial charge in [0.15, 0.2) is 0 Å². The Kier molecular flexibility index (Phi) is 6.06. The molecule has 0 spiro atoms. The maximum absolute atomic E-state index is 3.82. The molecule has 24 heavy (non-hydrogen) atoms. The van der Waals surface area contributed by atoms with Crippen molar-refractivity contribution in [1.82, 2.24) is 10.6 Å². The van der Waals surface area contributed by atoms with E-state index >= 15 is 0 Å². The predicted octanol–water partition coefficient (Wildman–Crippen LogP) is 4.49. The fourth-order valence-corrected chi connectivity index (χ4v) is 3.72. The van der Waals surface area contributed by atoms with E-state index in [0.29, 0.717) is 12.1 Å². The lowest BCUT2D eigenvalue weighted by atomic mass is 9.89. The second-order valence-electron chi connectivity index (χ2n) is 7.11. The largest absolute Gasteiger partial charge is 0.308 e. The van der Waals surface area contributed by atoms with Gasteiger partial charge in [0, 0.05) is 25.2 Å². The Hall–Kier alpha value is -1.64. The highest BCUT2D eigenvalue weighted by molar-refractivity contribution is 5.26. The molecule has 2 aromatic rings. The van der Waals surface area contributed by atoms with Gasteiger partial charge in [0.2, 0.25) is 0 Å². The number of hydrogen-bond acceptors (Lipinski definition) is 2. The number of aryl methyl sites for hydroxylation is 2. The highest BCUT2D eigenvalue weighted by atomic mass is 15.0. The molecule has 1 aliphatic carbocycles. The van der Waals surface area contributed by atoms with Crippen LogP contribution in [0.25, 0.3) is 0 Å². The quantitative estimate of drug-likeness (QED) is 0.818. The molecule has 0 bridgehead atoms. The van der Waals surface area contributed by atoms with Gasteiger partial charge in [-0.1, -0.05) is 61.4 Å². The summed E-state index contributed by atoms with van der Waals surface area (Å²) in [6, 6.07) is 18.5. The Bertz CT molecular complexity index is 592. The van der Waals surface area contributed by atoms with Crippen LogP contribution >= 0.6 is 0 Å². The van der Waals surface area contributed by atoms with E-state index in [0.717, 1.165) is 13.1 Å². The Morgan fingerprint density at radius 3 is 1.54 bits per heavy atom. The molecule has 2 heteroatoms. The fourth-order valence-electron chi connectivity index (χ4n) is 3.72. The van der Waals surface area contributed by atoms with Crippen LogP contribution in [0.3, 0.4) is 0 Å². The van der Waals surface area contributed by atoms with E-state index in [2.05, 4.69) is 73.0 Å². The summed E-state index contributed by atoms with van der Waals surface area (Å²) in [5.74, 6) is 0. The van der Waals surface area contributed by atoms with E-state index in [1.807, 2.05) is 0 Å². The molecule has 2 atom stereocenters. The Labute approximate surface area is 146 Å². The van der Waals surface area contributed by atoms with Crippen LogP contribution in [0.2, 0.25) is 0 Å². The van der Waals surface area contributed by atoms with Gasteiger partial charge in [-0.3, -0.25) is 0 Å². The maximum atomic E-state index is 3.82. The van der Waals surface area contributed by atoms with Crippen molar-refractivity contribution in [2.45, 2.75) is 64.7 Å². The first-order chi connectivity index (χ1) is 11.7. The van der Waals surface area contributed by atoms with E-state index in [-0.39, 0.29) is 0 Å². The van der Waals surface area contributed by atoms with Gasteiger partial charge in [0.1, 0.15) is 0 Å². The zero-order chi connectivity index (χ0) is 16.8. The molecular formula is C22H30N2. The van der Waals surface area contributed by atoms with Crippen molar-refractivity contribution >= 4 is 0 Å². The van der Waals surface area contributed by atoms with Crippen LogP contribution < -0.4 is 10.6 Å². The molecule has 2 unspecified atom stereocenters. The first-order valence-electron chi connectivity index (χ1n) is 9.30. The van der Waals surface area contributed by atoms with Gasteiger partial charge in [0.05, 0.1) is 0 Å². The zero-order valence-corrected chi connectivity index (χ0v) is 15.0. The van der Waals surface area contributed by atoms with Crippen LogP contribution in [0.5, 0.6) is 0 Å². The van der Waals surface area contributed by atoms with Crippen LogP contribution in [0.1, 0.15) is 47.9 Å². The molecule has 0 aromatic heterocycles. The van der Waals surface area contributed by atoms with Crippen molar-refractivity contribution in [2.75, 3.05) is 0 Å². The first kappa shape index (κ1) is 17.2. The number of nitrogens with one attached hydrogen (secondary N) is 2. The van der Waals surface area contributed by atoms with Crippen LogP contribution in [0.4, 0.5) is 0 Å². The minimum Gasteiger partial charge on any atom is -0.308 e. The van der Waals surface area contributed by atoms with Gasteiger partial charge in [-0.2, -0.15) is 0 Å². The number of benzene rings is 2. The lowest BCUT2D eigenvalue weighted by Gasteiger charge is -2.33. The Morgan fingerprint density at radius 2 is 1.12 bits per heavy atom. The summed E-state index contributed by atoms with van der Waals surface area (Å²) in [6.07, 6.45) is 5.23. The molecule has 1 aliphatic rings. The van der Waals surface area contributed by atoms with E-state index in [9.17, 15) is 0 Å². The van der Waals surface area contributed by atoms with Gasteiger partial charge in [-0.25, -0.2) is 0 Å². The molecule has 0 saturated heterocycles. The molecule has 1 saturated carbocycles. The molecule has 0 amide bonds. The third kappa shape index (κ3) is 4.46. The second kappa shape index (κ2) is 8.46. The van der Waals surface area contributed by atoms with Crippen LogP contribution in [0.15, 0.2) is 48.5 Å². The Morgan fingerprint density at radius 1 is 0.708 bits per heavy atom. The van der Waals surface area contributed by atoms with Crippen molar-refractivity contribution < 1.29 is 0 Å². The third-order valence-corrected chi connectivity index (χ3v) is 5.40. The van der Waals surface area contributed by atoms with Gasteiger partial charge < -0.3 is 10.6 Å². The normalized spacial score (nSPS) is 20.9. The third-order valence-electron chi connectivity index (χ3n) is 5.40. The molecule has 128 valence electrons. The average molecular weight is 322 g/mol. The molecular weight excluding hydrogens is 292 g/mol. The molecule has 0 heterocycles. The van der Waals surface area contributed by atoms with Crippen LogP contribution in [-0.4, -0.2) is 12.1 Å². The van der Waals surface area contributed by atoms with Gasteiger partial charge in [-0.15, -0.1) is 0 Å². The minimum atomic E-state index is 0.572. The smallest absolute Gasteiger partial charge is 0.0224 e. The predicted molar refractivity (Wildman–Crippen MR) is 102 cm³/mol. The SMILES string of the molecule is Cc1ccccc1CNC1CCCCC1NCc1ccccc1C. The molecule has 0 aliphatic heterocycles. The summed E-state index contributed by atoms with van der Waals surface area (Å²) in [5, 5.41) is 7.63. The van der Waals surface area contributed by atoms with Crippen molar-refractivity contribution in [3.05, 3.63) is 70.8 Å². The number of rotatable bonds is 6. The lowest BCUT2D eigenvalue weighted by molar-refractivity contribution is 0.281. The highest BCUT2D eigenvalue weighted by Crippen LogP contribution is 2.20. The van der Waals surface area contributed by atoms with Gasteiger partial charge >= 0.3 is 0 Å². The Balaban J connectivity index is 1.57. The summed E-state index contributed by atoms with van der Waals surface area (Å²) in [4.78, 5) is 0. The van der Waals surface area contributed by atoms with Crippen LogP contribution in [0, 0.1) is 13.8 Å². The highest BCUT2D eigenvalue weighted by Gasteiger charge is 2.24. The second-order valence-corrected chi connectivity index (χ2v) is 7.11. The minimum absolute atomic E-state index is 0.572. The monoisotopic (exact) mass is 322 g/mol. The van der Waals surface area contributed by atoms with E-state index in [1.165, 1.54) is 47.9 Å². The van der Waals surface area contributed by atoms with E-state index in [1.54, 1.807) is 0 Å². The molecule has 2 aromatic carbocycles. The molecule has 1 fully saturated rings. The van der Waals surface area contributed by atoms with E-state index < -0.39 is 0 Å². The lowest BCUT2D eigenvalue weighted by Crippen LogP contribution is -2.49. The molecule has 2 nitrogen and oxygen atoms in total. The van der Waals surface area contributed by atoms with Crippen molar-refractivity contribution in [3.63, 3.8) is 0 Å². The van der Waals surface area contributed by atoms with Gasteiger partial charge in [-0.05, 0) is 48.9 Å². The summed E-state index contributed by atoms with van der Waals surface area (Å²) >= 11 is 0. The summed E-state index contributed by atoms with van der Waals surface area (Å²) in [5.41, 5.74) is 5.59. The van der Waals surface area contributed by atoms with Gasteiger partial charge in [0.25, 0.3) is 0 Å². The van der Waals surface area contributed by atoms with E-state index in [4.69, 9.17) is 0 Å². The topological polar surface area (TPSA) is 24.1 Å². The average Bonchev–Trinajstić information content (AvgIpc) is 2.61. The number of hydrogen-bond donors (Lipinski definition) is 2.